The van der Waals surface area contributed by atoms with Crippen LogP contribution < -0.4 is 20.1 Å². The summed E-state index contributed by atoms with van der Waals surface area (Å²) in [7, 11) is -2.22. The number of rotatable bonds is 8. The van der Waals surface area contributed by atoms with Gasteiger partial charge in [-0.25, -0.2) is 13.1 Å². The second kappa shape index (κ2) is 11.6. The summed E-state index contributed by atoms with van der Waals surface area (Å²) in [6.07, 6.45) is 2.54. The van der Waals surface area contributed by atoms with E-state index in [0.717, 1.165) is 22.9 Å². The van der Waals surface area contributed by atoms with Crippen LogP contribution in [0.4, 0.5) is 17.1 Å². The number of nitrogens with one attached hydrogen (secondary N) is 3. The van der Waals surface area contributed by atoms with Gasteiger partial charge in [0.05, 0.1) is 36.6 Å². The van der Waals surface area contributed by atoms with Gasteiger partial charge in [-0.2, -0.15) is 0 Å². The zero-order valence-electron chi connectivity index (χ0n) is 24.6. The van der Waals surface area contributed by atoms with Crippen LogP contribution in [0, 0.1) is 13.8 Å². The van der Waals surface area contributed by atoms with Crippen LogP contribution in [0.1, 0.15) is 58.3 Å². The topological polar surface area (TPSA) is 144 Å². The van der Waals surface area contributed by atoms with Gasteiger partial charge in [0.1, 0.15) is 0 Å². The molecule has 0 bridgehead atoms. The molecule has 1 aromatic heterocycles. The van der Waals surface area contributed by atoms with Gasteiger partial charge < -0.3 is 15.4 Å². The molecule has 4 rings (SSSR count). The number of aromatic nitrogens is 3. The highest BCUT2D eigenvalue weighted by Gasteiger charge is 2.23. The smallest absolute Gasteiger partial charge is 0.277 e. The molecule has 220 valence electrons. The number of aryl methyl sites for hydroxylation is 2. The fraction of sp³-hybridized carbons (Fsp3) is 0.267. The molecule has 2 amide bonds. The summed E-state index contributed by atoms with van der Waals surface area (Å²) in [5.74, 6) is -0.694. The van der Waals surface area contributed by atoms with Crippen LogP contribution in [0.3, 0.4) is 0 Å². The first-order chi connectivity index (χ1) is 19.6. The molecule has 12 heteroatoms. The summed E-state index contributed by atoms with van der Waals surface area (Å²) in [6.45, 7) is 9.71. The Morgan fingerprint density at radius 3 is 2.29 bits per heavy atom. The predicted octanol–water partition coefficient (Wildman–Crippen LogP) is 5.07. The van der Waals surface area contributed by atoms with Crippen molar-refractivity contribution in [2.24, 2.45) is 0 Å². The number of sulfonamides is 1. The van der Waals surface area contributed by atoms with Crippen LogP contribution in [0.25, 0.3) is 5.69 Å². The molecule has 4 aromatic rings. The van der Waals surface area contributed by atoms with Crippen LogP contribution in [-0.4, -0.2) is 48.6 Å². The average Bonchev–Trinajstić information content (AvgIpc) is 3.38. The van der Waals surface area contributed by atoms with E-state index >= 15 is 0 Å². The van der Waals surface area contributed by atoms with Gasteiger partial charge in [0.15, 0.2) is 11.4 Å². The van der Waals surface area contributed by atoms with Crippen LogP contribution in [0.2, 0.25) is 0 Å². The maximum atomic E-state index is 13.5. The van der Waals surface area contributed by atoms with E-state index in [2.05, 4.69) is 25.7 Å². The third-order valence-corrected chi connectivity index (χ3v) is 7.01. The summed E-state index contributed by atoms with van der Waals surface area (Å²) in [4.78, 5) is 26.2. The Morgan fingerprint density at radius 1 is 0.929 bits per heavy atom. The minimum Gasteiger partial charge on any atom is -0.492 e. The number of ether oxygens (including phenoxy) is 1. The molecular formula is C30H34N6O5S. The van der Waals surface area contributed by atoms with Crippen molar-refractivity contribution in [3.63, 3.8) is 0 Å². The minimum absolute atomic E-state index is 0.111. The third-order valence-electron chi connectivity index (χ3n) is 6.42. The first-order valence-electron chi connectivity index (χ1n) is 13.1. The number of carbonyl (C=O) groups excluding carboxylic acids is 2. The highest BCUT2D eigenvalue weighted by atomic mass is 32.2. The summed E-state index contributed by atoms with van der Waals surface area (Å²) in [5, 5.41) is 13.8. The Bertz CT molecular complexity index is 1770. The molecule has 0 saturated heterocycles. The van der Waals surface area contributed by atoms with Gasteiger partial charge in [-0.15, -0.1) is 5.10 Å². The van der Waals surface area contributed by atoms with Crippen LogP contribution in [0.15, 0.2) is 60.8 Å². The zero-order chi connectivity index (χ0) is 30.8. The zero-order valence-corrected chi connectivity index (χ0v) is 25.4. The number of hydrogen-bond donors (Lipinski definition) is 3. The lowest BCUT2D eigenvalue weighted by atomic mass is 9.86. The normalized spacial score (nSPS) is 11.6. The van der Waals surface area contributed by atoms with E-state index in [9.17, 15) is 18.0 Å². The van der Waals surface area contributed by atoms with Gasteiger partial charge in [-0.05, 0) is 72.4 Å². The van der Waals surface area contributed by atoms with Gasteiger partial charge in [0, 0.05) is 11.3 Å². The summed E-state index contributed by atoms with van der Waals surface area (Å²) in [5.41, 5.74) is 4.37. The number of nitrogens with zero attached hydrogens (tertiary/aromatic N) is 3. The molecule has 0 aliphatic heterocycles. The molecule has 42 heavy (non-hydrogen) atoms. The number of benzene rings is 3. The lowest BCUT2D eigenvalue weighted by Gasteiger charge is -2.24. The monoisotopic (exact) mass is 590 g/mol. The number of anilines is 3. The number of hydrogen-bond acceptors (Lipinski definition) is 7. The van der Waals surface area contributed by atoms with E-state index in [1.54, 1.807) is 36.4 Å². The van der Waals surface area contributed by atoms with Crippen molar-refractivity contribution in [1.82, 2.24) is 15.0 Å². The summed E-state index contributed by atoms with van der Waals surface area (Å²) < 4.78 is 33.5. The van der Waals surface area contributed by atoms with E-state index in [1.165, 1.54) is 18.0 Å². The minimum atomic E-state index is -3.62. The molecule has 0 aliphatic carbocycles. The average molecular weight is 591 g/mol. The molecule has 11 nitrogen and oxygen atoms in total. The van der Waals surface area contributed by atoms with E-state index in [1.807, 2.05) is 52.8 Å². The van der Waals surface area contributed by atoms with Crippen LogP contribution >= 0.6 is 0 Å². The fourth-order valence-corrected chi connectivity index (χ4v) is 4.80. The van der Waals surface area contributed by atoms with Gasteiger partial charge in [-0.1, -0.05) is 44.2 Å². The van der Waals surface area contributed by atoms with Crippen molar-refractivity contribution in [3.05, 3.63) is 88.7 Å². The lowest BCUT2D eigenvalue weighted by molar-refractivity contribution is 0.101. The molecule has 0 saturated carbocycles. The molecule has 0 atom stereocenters. The molecule has 1 heterocycles. The molecule has 3 N–H and O–H groups in total. The molecule has 0 unspecified atom stereocenters. The Balaban J connectivity index is 1.64. The quantitative estimate of drug-likeness (QED) is 0.260. The van der Waals surface area contributed by atoms with Crippen molar-refractivity contribution < 1.29 is 22.7 Å². The summed E-state index contributed by atoms with van der Waals surface area (Å²) >= 11 is 0. The molecule has 0 radical (unpaired) electrons. The largest absolute Gasteiger partial charge is 0.492 e. The molecule has 0 aliphatic rings. The van der Waals surface area contributed by atoms with Crippen LogP contribution in [0.5, 0.6) is 5.75 Å². The number of methoxy groups -OCH3 is 1. The fourth-order valence-electron chi connectivity index (χ4n) is 4.25. The maximum absolute atomic E-state index is 13.5. The van der Waals surface area contributed by atoms with Crippen molar-refractivity contribution in [2.45, 2.75) is 40.0 Å². The number of carbonyl (C=O) groups is 2. The Hall–Kier alpha value is -4.71. The highest BCUT2D eigenvalue weighted by Crippen LogP contribution is 2.39. The van der Waals surface area contributed by atoms with Gasteiger partial charge in [-0.3, -0.25) is 14.3 Å². The van der Waals surface area contributed by atoms with Crippen molar-refractivity contribution in [3.8, 4) is 11.4 Å². The second-order valence-electron chi connectivity index (χ2n) is 11.1. The van der Waals surface area contributed by atoms with E-state index in [-0.39, 0.29) is 22.5 Å². The van der Waals surface area contributed by atoms with Gasteiger partial charge in [0.25, 0.3) is 11.8 Å². The Labute approximate surface area is 245 Å². The first kappa shape index (κ1) is 30.3. The molecular weight excluding hydrogens is 556 g/mol. The first-order valence-corrected chi connectivity index (χ1v) is 15.0. The highest BCUT2D eigenvalue weighted by molar-refractivity contribution is 7.92. The molecule has 0 spiro atoms. The Morgan fingerprint density at radius 2 is 1.64 bits per heavy atom. The van der Waals surface area contributed by atoms with Gasteiger partial charge in [0.2, 0.25) is 10.0 Å². The maximum Gasteiger partial charge on any atom is 0.277 e. The summed E-state index contributed by atoms with van der Waals surface area (Å²) in [6, 6.07) is 15.9. The second-order valence-corrected chi connectivity index (χ2v) is 12.8. The standard InChI is InChI=1S/C30H34N6O5S/c1-18-9-8-10-22(13-18)31-29(38)25-17-36(35-33-25)26-14-20(12-11-19(26)2)28(37)32-23-15-21(30(3,4)5)16-24(27(23)41-6)34-42(7,39)40/h8-17,34H,1-7H3,(H,31,38)(H,32,37). The van der Waals surface area contributed by atoms with Crippen LogP contribution in [-0.2, 0) is 15.4 Å². The van der Waals surface area contributed by atoms with Crippen molar-refractivity contribution >= 4 is 38.9 Å². The van der Waals surface area contributed by atoms with E-state index in [0.29, 0.717) is 22.6 Å². The van der Waals surface area contributed by atoms with Crippen molar-refractivity contribution in [1.29, 1.82) is 0 Å². The van der Waals surface area contributed by atoms with E-state index < -0.39 is 21.8 Å². The van der Waals surface area contributed by atoms with Crippen molar-refractivity contribution in [2.75, 3.05) is 28.7 Å². The SMILES string of the molecule is COc1c(NC(=O)c2ccc(C)c(-n3cc(C(=O)Nc4cccc(C)c4)nn3)c2)cc(C(C)(C)C)cc1NS(C)(=O)=O. The van der Waals surface area contributed by atoms with Gasteiger partial charge >= 0.3 is 0 Å². The Kier molecular flexibility index (Phi) is 8.39. The number of amides is 2. The molecule has 0 fully saturated rings. The molecule has 3 aromatic carbocycles. The lowest BCUT2D eigenvalue weighted by Crippen LogP contribution is -2.18. The van der Waals surface area contributed by atoms with E-state index in [4.69, 9.17) is 4.74 Å². The third kappa shape index (κ3) is 7.13. The predicted molar refractivity (Wildman–Crippen MR) is 163 cm³/mol.